The first-order valence-electron chi connectivity index (χ1n) is 8.95. The van der Waals surface area contributed by atoms with Crippen LogP contribution in [0.4, 0.5) is 11.4 Å². The zero-order valence-electron chi connectivity index (χ0n) is 16.3. The van der Waals surface area contributed by atoms with Gasteiger partial charge in [-0.25, -0.2) is 0 Å². The largest absolute Gasteiger partial charge is 0.325 e. The average Bonchev–Trinajstić information content (AvgIpc) is 3.04. The monoisotopic (exact) mass is 507 g/mol. The van der Waals surface area contributed by atoms with Gasteiger partial charge in [0.15, 0.2) is 5.16 Å². The summed E-state index contributed by atoms with van der Waals surface area (Å²) in [6, 6.07) is 12.8. The van der Waals surface area contributed by atoms with Crippen molar-refractivity contribution >= 4 is 62.5 Å². The van der Waals surface area contributed by atoms with Gasteiger partial charge in [0, 0.05) is 22.9 Å². The molecule has 0 radical (unpaired) electrons. The molecule has 156 valence electrons. The van der Waals surface area contributed by atoms with E-state index in [1.165, 1.54) is 11.8 Å². The number of rotatable bonds is 7. The molecular weight excluding hydrogens is 490 g/mol. The molecule has 0 aliphatic carbocycles. The smallest absolute Gasteiger partial charge is 0.234 e. The van der Waals surface area contributed by atoms with Crippen molar-refractivity contribution in [3.05, 3.63) is 63.3 Å². The van der Waals surface area contributed by atoms with Gasteiger partial charge >= 0.3 is 0 Å². The Kier molecular flexibility index (Phi) is 7.52. The average molecular weight is 509 g/mol. The molecule has 0 aliphatic rings. The predicted octanol–water partition coefficient (Wildman–Crippen LogP) is 4.45. The van der Waals surface area contributed by atoms with Crippen molar-refractivity contribution in [3.63, 3.8) is 0 Å². The van der Waals surface area contributed by atoms with E-state index in [0.29, 0.717) is 21.7 Å². The summed E-state index contributed by atoms with van der Waals surface area (Å²) < 4.78 is 2.47. The van der Waals surface area contributed by atoms with E-state index < -0.39 is 0 Å². The zero-order chi connectivity index (χ0) is 21.7. The zero-order valence-corrected chi connectivity index (χ0v) is 19.4. The van der Waals surface area contributed by atoms with Gasteiger partial charge in [0.05, 0.1) is 17.2 Å². The molecule has 2 aromatic carbocycles. The SMILES string of the molecule is Cc1ccccc1NC(=O)Cc1nnc(SCC(=O)Nc2ccc(Br)c(Cl)c2)n1C. The normalized spacial score (nSPS) is 10.7. The van der Waals surface area contributed by atoms with Crippen molar-refractivity contribution in [1.82, 2.24) is 14.8 Å². The molecule has 1 aromatic heterocycles. The first-order valence-corrected chi connectivity index (χ1v) is 11.1. The van der Waals surface area contributed by atoms with Crippen molar-refractivity contribution in [2.24, 2.45) is 7.05 Å². The fourth-order valence-electron chi connectivity index (χ4n) is 2.58. The first-order chi connectivity index (χ1) is 14.3. The molecule has 3 aromatic rings. The maximum absolute atomic E-state index is 12.3. The number of hydrogen-bond acceptors (Lipinski definition) is 5. The number of amides is 2. The van der Waals surface area contributed by atoms with Crippen LogP contribution in [0.1, 0.15) is 11.4 Å². The molecule has 0 fully saturated rings. The van der Waals surface area contributed by atoms with E-state index in [4.69, 9.17) is 11.6 Å². The number of para-hydroxylation sites is 1. The highest BCUT2D eigenvalue weighted by Crippen LogP contribution is 2.26. The van der Waals surface area contributed by atoms with Crippen molar-refractivity contribution in [1.29, 1.82) is 0 Å². The minimum absolute atomic E-state index is 0.0853. The number of aromatic nitrogens is 3. The summed E-state index contributed by atoms with van der Waals surface area (Å²) >= 11 is 10.6. The Bertz CT molecular complexity index is 1090. The van der Waals surface area contributed by atoms with Crippen LogP contribution in [0, 0.1) is 6.92 Å². The molecule has 0 saturated heterocycles. The van der Waals surface area contributed by atoms with Crippen LogP contribution < -0.4 is 10.6 Å². The Morgan fingerprint density at radius 3 is 2.63 bits per heavy atom. The Morgan fingerprint density at radius 1 is 1.13 bits per heavy atom. The van der Waals surface area contributed by atoms with Gasteiger partial charge < -0.3 is 15.2 Å². The molecule has 1 heterocycles. The van der Waals surface area contributed by atoms with Gasteiger partial charge in [-0.05, 0) is 52.7 Å². The lowest BCUT2D eigenvalue weighted by Crippen LogP contribution is -2.17. The summed E-state index contributed by atoms with van der Waals surface area (Å²) in [6.07, 6.45) is 0.0853. The Morgan fingerprint density at radius 2 is 1.90 bits per heavy atom. The third-order valence-corrected chi connectivity index (χ3v) is 6.45. The van der Waals surface area contributed by atoms with Gasteiger partial charge in [-0.3, -0.25) is 9.59 Å². The fraction of sp³-hybridized carbons (Fsp3) is 0.200. The second kappa shape index (κ2) is 10.1. The van der Waals surface area contributed by atoms with Crippen LogP contribution in [-0.2, 0) is 23.1 Å². The Labute approximate surface area is 191 Å². The molecule has 0 saturated carbocycles. The number of benzene rings is 2. The van der Waals surface area contributed by atoms with E-state index in [-0.39, 0.29) is 24.0 Å². The molecule has 7 nitrogen and oxygen atoms in total. The minimum Gasteiger partial charge on any atom is -0.325 e. The van der Waals surface area contributed by atoms with E-state index in [0.717, 1.165) is 15.7 Å². The minimum atomic E-state index is -0.194. The van der Waals surface area contributed by atoms with Gasteiger partial charge in [0.2, 0.25) is 11.8 Å². The van der Waals surface area contributed by atoms with E-state index in [2.05, 4.69) is 36.8 Å². The number of halogens is 2. The number of carbonyl (C=O) groups is 2. The van der Waals surface area contributed by atoms with E-state index in [1.54, 1.807) is 29.8 Å². The highest BCUT2D eigenvalue weighted by Gasteiger charge is 2.15. The second-order valence-electron chi connectivity index (χ2n) is 6.46. The molecule has 0 bridgehead atoms. The van der Waals surface area contributed by atoms with E-state index in [9.17, 15) is 9.59 Å². The molecule has 3 rings (SSSR count). The summed E-state index contributed by atoms with van der Waals surface area (Å²) in [7, 11) is 1.77. The summed E-state index contributed by atoms with van der Waals surface area (Å²) in [5, 5.41) is 14.9. The predicted molar refractivity (Wildman–Crippen MR) is 123 cm³/mol. The van der Waals surface area contributed by atoms with Crippen LogP contribution in [0.3, 0.4) is 0 Å². The van der Waals surface area contributed by atoms with Gasteiger partial charge in [-0.1, -0.05) is 41.6 Å². The molecule has 10 heteroatoms. The van der Waals surface area contributed by atoms with E-state index >= 15 is 0 Å². The summed E-state index contributed by atoms with van der Waals surface area (Å²) in [6.45, 7) is 1.93. The number of hydrogen-bond donors (Lipinski definition) is 2. The maximum atomic E-state index is 12.3. The second-order valence-corrected chi connectivity index (χ2v) is 8.67. The Hall–Kier alpha value is -2.36. The van der Waals surface area contributed by atoms with Crippen LogP contribution in [-0.4, -0.2) is 32.3 Å². The number of anilines is 2. The van der Waals surface area contributed by atoms with Gasteiger partial charge in [-0.15, -0.1) is 10.2 Å². The van der Waals surface area contributed by atoms with Crippen LogP contribution in [0.5, 0.6) is 0 Å². The van der Waals surface area contributed by atoms with Crippen LogP contribution in [0.2, 0.25) is 5.02 Å². The molecular formula is C20H19BrClN5O2S. The number of nitrogens with one attached hydrogen (secondary N) is 2. The highest BCUT2D eigenvalue weighted by atomic mass is 79.9. The molecule has 30 heavy (non-hydrogen) atoms. The molecule has 0 spiro atoms. The highest BCUT2D eigenvalue weighted by molar-refractivity contribution is 9.10. The first kappa shape index (κ1) is 22.3. The third kappa shape index (κ3) is 5.84. The topological polar surface area (TPSA) is 88.9 Å². The number of thioether (sulfide) groups is 1. The lowest BCUT2D eigenvalue weighted by Gasteiger charge is -2.08. The summed E-state index contributed by atoms with van der Waals surface area (Å²) in [5.41, 5.74) is 2.36. The van der Waals surface area contributed by atoms with Gasteiger partial charge in [-0.2, -0.15) is 0 Å². The quantitative estimate of drug-likeness (QED) is 0.460. The standard InChI is InChI=1S/C20H19BrClN5O2S/c1-12-5-3-4-6-16(12)24-18(28)10-17-25-26-20(27(17)2)30-11-19(29)23-13-7-8-14(21)15(22)9-13/h3-9H,10-11H2,1-2H3,(H,23,29)(H,24,28). The Balaban J connectivity index is 1.54. The number of aryl methyl sites for hydroxylation is 1. The molecule has 0 aliphatic heterocycles. The summed E-state index contributed by atoms with van der Waals surface area (Å²) in [5.74, 6) is 0.292. The lowest BCUT2D eigenvalue weighted by atomic mass is 10.2. The van der Waals surface area contributed by atoms with Gasteiger partial charge in [0.1, 0.15) is 5.82 Å². The molecule has 0 atom stereocenters. The van der Waals surface area contributed by atoms with E-state index in [1.807, 2.05) is 31.2 Å². The lowest BCUT2D eigenvalue weighted by molar-refractivity contribution is -0.116. The van der Waals surface area contributed by atoms with Gasteiger partial charge in [0.25, 0.3) is 0 Å². The summed E-state index contributed by atoms with van der Waals surface area (Å²) in [4.78, 5) is 24.5. The number of carbonyl (C=O) groups excluding carboxylic acids is 2. The molecule has 2 amide bonds. The number of nitrogens with zero attached hydrogens (tertiary/aromatic N) is 3. The van der Waals surface area contributed by atoms with Crippen molar-refractivity contribution in [3.8, 4) is 0 Å². The molecule has 2 N–H and O–H groups in total. The third-order valence-electron chi connectivity index (χ3n) is 4.20. The van der Waals surface area contributed by atoms with Crippen molar-refractivity contribution < 1.29 is 9.59 Å². The van der Waals surface area contributed by atoms with Crippen LogP contribution >= 0.6 is 39.3 Å². The molecule has 0 unspecified atom stereocenters. The van der Waals surface area contributed by atoms with Crippen LogP contribution in [0.15, 0.2) is 52.1 Å². The van der Waals surface area contributed by atoms with Crippen molar-refractivity contribution in [2.75, 3.05) is 16.4 Å². The fourth-order valence-corrected chi connectivity index (χ4v) is 3.73. The van der Waals surface area contributed by atoms with Crippen molar-refractivity contribution in [2.45, 2.75) is 18.5 Å². The van der Waals surface area contributed by atoms with Crippen LogP contribution in [0.25, 0.3) is 0 Å². The maximum Gasteiger partial charge on any atom is 0.234 e.